The smallest absolute Gasteiger partial charge is 0.222 e. The average molecular weight is 317 g/mol. The highest BCUT2D eigenvalue weighted by atomic mass is 16.3. The molecule has 2 saturated carbocycles. The molecule has 3 heteroatoms. The first-order valence-corrected chi connectivity index (χ1v) is 9.50. The van der Waals surface area contributed by atoms with E-state index in [1.54, 1.807) is 0 Å². The van der Waals surface area contributed by atoms with Crippen molar-refractivity contribution in [2.75, 3.05) is 7.05 Å². The summed E-state index contributed by atoms with van der Waals surface area (Å²) in [5.41, 5.74) is 1.89. The van der Waals surface area contributed by atoms with Crippen LogP contribution in [0.25, 0.3) is 0 Å². The average Bonchev–Trinajstić information content (AvgIpc) is 2.52. The first-order valence-electron chi connectivity index (χ1n) is 9.50. The number of rotatable bonds is 0. The molecular formula is C20H31NO2. The Bertz CT molecular complexity index is 556. The SMILES string of the molecule is CN1C(=O)CC[C@@H]2[C@@H]3CC=C4C[C@H](O)CC[C@@]4(C)[C@H]3CC[C@]21C. The number of nitrogens with zero attached hydrogens (tertiary/aromatic N) is 1. The summed E-state index contributed by atoms with van der Waals surface area (Å²) in [6, 6.07) is 0. The number of carbonyl (C=O) groups excluding carboxylic acids is 1. The second-order valence-electron chi connectivity index (χ2n) is 9.04. The van der Waals surface area contributed by atoms with Gasteiger partial charge in [-0.2, -0.15) is 0 Å². The monoisotopic (exact) mass is 317 g/mol. The maximum absolute atomic E-state index is 12.2. The third-order valence-electron chi connectivity index (χ3n) is 8.24. The van der Waals surface area contributed by atoms with Gasteiger partial charge < -0.3 is 10.0 Å². The Hall–Kier alpha value is -0.830. The fourth-order valence-electron chi connectivity index (χ4n) is 6.62. The van der Waals surface area contributed by atoms with Crippen LogP contribution < -0.4 is 0 Å². The number of allylic oxidation sites excluding steroid dienone is 1. The molecule has 0 aromatic heterocycles. The highest BCUT2D eigenvalue weighted by Crippen LogP contribution is 2.61. The van der Waals surface area contributed by atoms with E-state index in [4.69, 9.17) is 0 Å². The van der Waals surface area contributed by atoms with Crippen molar-refractivity contribution < 1.29 is 9.90 Å². The van der Waals surface area contributed by atoms with Crippen molar-refractivity contribution in [1.29, 1.82) is 0 Å². The van der Waals surface area contributed by atoms with Crippen molar-refractivity contribution >= 4 is 5.91 Å². The normalized spacial score (nSPS) is 49.8. The molecular weight excluding hydrogens is 286 g/mol. The molecule has 4 rings (SSSR count). The molecule has 1 aliphatic heterocycles. The van der Waals surface area contributed by atoms with Crippen LogP contribution >= 0.6 is 0 Å². The Kier molecular flexibility index (Phi) is 3.46. The predicted molar refractivity (Wildman–Crippen MR) is 90.8 cm³/mol. The molecule has 6 atom stereocenters. The maximum atomic E-state index is 12.2. The van der Waals surface area contributed by atoms with E-state index >= 15 is 0 Å². The van der Waals surface area contributed by atoms with Gasteiger partial charge in [-0.3, -0.25) is 4.79 Å². The van der Waals surface area contributed by atoms with Gasteiger partial charge in [0.2, 0.25) is 5.91 Å². The van der Waals surface area contributed by atoms with Crippen LogP contribution in [0.5, 0.6) is 0 Å². The minimum Gasteiger partial charge on any atom is -0.393 e. The van der Waals surface area contributed by atoms with Crippen LogP contribution in [0.1, 0.15) is 65.2 Å². The standard InChI is InChI=1S/C20H31NO2/c1-19-10-8-14(22)12-13(19)4-5-15-16(19)9-11-20(2)17(15)6-7-18(23)21(20)3/h4,14-17,22H,5-12H2,1-3H3/t14-,15-,16+,17-,19-,20-/m1/s1. The first-order chi connectivity index (χ1) is 10.9. The van der Waals surface area contributed by atoms with Gasteiger partial charge in [-0.25, -0.2) is 0 Å². The van der Waals surface area contributed by atoms with E-state index in [1.165, 1.54) is 12.0 Å². The van der Waals surface area contributed by atoms with E-state index in [0.717, 1.165) is 50.9 Å². The zero-order valence-electron chi connectivity index (χ0n) is 14.8. The number of aliphatic hydroxyl groups is 1. The lowest BCUT2D eigenvalue weighted by atomic mass is 9.48. The highest BCUT2D eigenvalue weighted by molar-refractivity contribution is 5.77. The zero-order valence-corrected chi connectivity index (χ0v) is 14.8. The third kappa shape index (κ3) is 2.08. The minimum absolute atomic E-state index is 0.0619. The topological polar surface area (TPSA) is 40.5 Å². The summed E-state index contributed by atoms with van der Waals surface area (Å²) in [5, 5.41) is 10.1. The number of amides is 1. The second-order valence-corrected chi connectivity index (χ2v) is 9.04. The Morgan fingerprint density at radius 2 is 1.96 bits per heavy atom. The van der Waals surface area contributed by atoms with Crippen molar-refractivity contribution in [3.05, 3.63) is 11.6 Å². The van der Waals surface area contributed by atoms with Gasteiger partial charge in [0.05, 0.1) is 6.10 Å². The van der Waals surface area contributed by atoms with Crippen LogP contribution in [0.4, 0.5) is 0 Å². The zero-order chi connectivity index (χ0) is 16.4. The molecule has 4 aliphatic rings. The molecule has 128 valence electrons. The number of likely N-dealkylation sites (tertiary alicyclic amines) is 1. The van der Waals surface area contributed by atoms with Gasteiger partial charge in [0.25, 0.3) is 0 Å². The number of hydrogen-bond donors (Lipinski definition) is 1. The Balaban J connectivity index is 1.68. The first kappa shape index (κ1) is 15.7. The number of carbonyl (C=O) groups is 1. The molecule has 1 heterocycles. The number of fused-ring (bicyclic) bond motifs is 5. The Morgan fingerprint density at radius 1 is 1.17 bits per heavy atom. The van der Waals surface area contributed by atoms with Gasteiger partial charge in [-0.15, -0.1) is 0 Å². The predicted octanol–water partition coefficient (Wildman–Crippen LogP) is 3.52. The van der Waals surface area contributed by atoms with Crippen LogP contribution in [0, 0.1) is 23.2 Å². The molecule has 0 spiro atoms. The summed E-state index contributed by atoms with van der Waals surface area (Å²) in [6.07, 6.45) is 10.7. The Labute approximate surface area is 140 Å². The van der Waals surface area contributed by atoms with Crippen LogP contribution in [-0.4, -0.2) is 34.6 Å². The number of piperidine rings is 1. The van der Waals surface area contributed by atoms with Crippen LogP contribution in [0.15, 0.2) is 11.6 Å². The van der Waals surface area contributed by atoms with Crippen molar-refractivity contribution in [3.63, 3.8) is 0 Å². The minimum atomic E-state index is -0.127. The fraction of sp³-hybridized carbons (Fsp3) is 0.850. The van der Waals surface area contributed by atoms with Crippen LogP contribution in [-0.2, 0) is 4.79 Å². The Morgan fingerprint density at radius 3 is 2.74 bits per heavy atom. The molecule has 0 unspecified atom stereocenters. The molecule has 3 nitrogen and oxygen atoms in total. The second kappa shape index (κ2) is 5.08. The quantitative estimate of drug-likeness (QED) is 0.694. The van der Waals surface area contributed by atoms with E-state index in [2.05, 4.69) is 24.8 Å². The molecule has 0 radical (unpaired) electrons. The summed E-state index contributed by atoms with van der Waals surface area (Å²) in [7, 11) is 2.03. The van der Waals surface area contributed by atoms with Crippen molar-refractivity contribution in [3.8, 4) is 0 Å². The molecule has 3 fully saturated rings. The van der Waals surface area contributed by atoms with Gasteiger partial charge in [0.15, 0.2) is 0 Å². The lowest BCUT2D eigenvalue weighted by Gasteiger charge is -2.61. The van der Waals surface area contributed by atoms with Gasteiger partial charge in [0, 0.05) is 19.0 Å². The molecule has 0 aromatic rings. The van der Waals surface area contributed by atoms with Crippen molar-refractivity contribution in [2.45, 2.75) is 76.9 Å². The molecule has 0 bridgehead atoms. The van der Waals surface area contributed by atoms with Gasteiger partial charge in [-0.1, -0.05) is 18.6 Å². The van der Waals surface area contributed by atoms with Crippen LogP contribution in [0.2, 0.25) is 0 Å². The number of aliphatic hydroxyl groups excluding tert-OH is 1. The van der Waals surface area contributed by atoms with Gasteiger partial charge >= 0.3 is 0 Å². The molecule has 1 saturated heterocycles. The fourth-order valence-corrected chi connectivity index (χ4v) is 6.62. The van der Waals surface area contributed by atoms with E-state index in [9.17, 15) is 9.90 Å². The molecule has 23 heavy (non-hydrogen) atoms. The lowest BCUT2D eigenvalue weighted by Crippen LogP contribution is -2.62. The summed E-state index contributed by atoms with van der Waals surface area (Å²) < 4.78 is 0. The van der Waals surface area contributed by atoms with Gasteiger partial charge in [-0.05, 0) is 75.0 Å². The largest absolute Gasteiger partial charge is 0.393 e. The number of hydrogen-bond acceptors (Lipinski definition) is 2. The third-order valence-corrected chi connectivity index (χ3v) is 8.24. The highest BCUT2D eigenvalue weighted by Gasteiger charge is 2.57. The molecule has 1 N–H and O–H groups in total. The summed E-state index contributed by atoms with van der Waals surface area (Å²) >= 11 is 0. The van der Waals surface area contributed by atoms with E-state index in [0.29, 0.717) is 23.2 Å². The van der Waals surface area contributed by atoms with Crippen molar-refractivity contribution in [2.24, 2.45) is 23.2 Å². The maximum Gasteiger partial charge on any atom is 0.222 e. The summed E-state index contributed by atoms with van der Waals surface area (Å²) in [5.74, 6) is 2.44. The van der Waals surface area contributed by atoms with E-state index in [-0.39, 0.29) is 11.6 Å². The molecule has 0 aromatic carbocycles. The molecule has 1 amide bonds. The van der Waals surface area contributed by atoms with E-state index in [1.807, 2.05) is 7.05 Å². The van der Waals surface area contributed by atoms with Gasteiger partial charge in [0.1, 0.15) is 0 Å². The lowest BCUT2D eigenvalue weighted by molar-refractivity contribution is -0.153. The summed E-state index contributed by atoms with van der Waals surface area (Å²) in [6.45, 7) is 4.79. The molecule has 3 aliphatic carbocycles. The van der Waals surface area contributed by atoms with Crippen molar-refractivity contribution in [1.82, 2.24) is 4.90 Å². The van der Waals surface area contributed by atoms with E-state index < -0.39 is 0 Å². The summed E-state index contributed by atoms with van der Waals surface area (Å²) in [4.78, 5) is 14.3. The van der Waals surface area contributed by atoms with Crippen LogP contribution in [0.3, 0.4) is 0 Å².